The van der Waals surface area contributed by atoms with Gasteiger partial charge in [0.05, 0.1) is 18.6 Å². The van der Waals surface area contributed by atoms with E-state index in [1.54, 1.807) is 25.3 Å². The maximum atomic E-state index is 11.3. The highest BCUT2D eigenvalue weighted by Crippen LogP contribution is 2.24. The van der Waals surface area contributed by atoms with Crippen molar-refractivity contribution in [2.24, 2.45) is 0 Å². The summed E-state index contributed by atoms with van der Waals surface area (Å²) < 4.78 is 5.01. The van der Waals surface area contributed by atoms with Crippen LogP contribution in [0.2, 0.25) is 0 Å². The second kappa shape index (κ2) is 5.50. The number of thioether (sulfide) groups is 1. The van der Waals surface area contributed by atoms with E-state index in [0.717, 1.165) is 0 Å². The van der Waals surface area contributed by atoms with Gasteiger partial charge >= 0.3 is 0 Å². The average Bonchev–Trinajstić information content (AvgIpc) is 2.18. The number of amides is 1. The second-order valence-corrected chi connectivity index (χ2v) is 3.80. The highest BCUT2D eigenvalue weighted by Gasteiger charge is 2.03. The topological polar surface area (TPSA) is 64.3 Å². The minimum absolute atomic E-state index is 0.0351. The summed E-state index contributed by atoms with van der Waals surface area (Å²) in [5.41, 5.74) is 6.90. The van der Waals surface area contributed by atoms with E-state index < -0.39 is 0 Å². The molecule has 5 heteroatoms. The molecule has 4 nitrogen and oxygen atoms in total. The molecule has 3 N–H and O–H groups in total. The van der Waals surface area contributed by atoms with Gasteiger partial charge in [0.2, 0.25) is 5.91 Å². The SMILES string of the molecule is COc1ccc(NC(=O)CSC)cc1N. The predicted molar refractivity (Wildman–Crippen MR) is 64.4 cm³/mol. The Morgan fingerprint density at radius 3 is 2.87 bits per heavy atom. The smallest absolute Gasteiger partial charge is 0.234 e. The van der Waals surface area contributed by atoms with Crippen molar-refractivity contribution in [1.29, 1.82) is 0 Å². The zero-order valence-electron chi connectivity index (χ0n) is 8.74. The van der Waals surface area contributed by atoms with Crippen LogP contribution in [0.5, 0.6) is 5.75 Å². The highest BCUT2D eigenvalue weighted by molar-refractivity contribution is 7.99. The fourth-order valence-corrected chi connectivity index (χ4v) is 1.47. The molecule has 1 aromatic rings. The molecule has 0 aliphatic rings. The lowest BCUT2D eigenvalue weighted by Gasteiger charge is -2.08. The van der Waals surface area contributed by atoms with Crippen LogP contribution in [0.15, 0.2) is 18.2 Å². The molecule has 0 saturated carbocycles. The molecule has 1 aromatic carbocycles. The number of carbonyl (C=O) groups is 1. The first-order valence-corrected chi connectivity index (χ1v) is 5.79. The van der Waals surface area contributed by atoms with E-state index in [4.69, 9.17) is 10.5 Å². The Kier molecular flexibility index (Phi) is 4.30. The fraction of sp³-hybridized carbons (Fsp3) is 0.300. The molecule has 0 atom stereocenters. The van der Waals surface area contributed by atoms with Gasteiger partial charge in [-0.25, -0.2) is 0 Å². The summed E-state index contributed by atoms with van der Waals surface area (Å²) in [6.45, 7) is 0. The molecule has 1 amide bonds. The maximum Gasteiger partial charge on any atom is 0.234 e. The first-order chi connectivity index (χ1) is 7.17. The van der Waals surface area contributed by atoms with Crippen LogP contribution in [0.4, 0.5) is 11.4 Å². The van der Waals surface area contributed by atoms with Gasteiger partial charge in [-0.2, -0.15) is 11.8 Å². The predicted octanol–water partition coefficient (Wildman–Crippen LogP) is 1.58. The number of carbonyl (C=O) groups excluding carboxylic acids is 1. The van der Waals surface area contributed by atoms with Crippen molar-refractivity contribution in [3.8, 4) is 5.75 Å². The third kappa shape index (κ3) is 3.36. The number of hydrogen-bond acceptors (Lipinski definition) is 4. The number of methoxy groups -OCH3 is 1. The average molecular weight is 226 g/mol. The minimum atomic E-state index is -0.0351. The summed E-state index contributed by atoms with van der Waals surface area (Å²) >= 11 is 1.47. The number of ether oxygens (including phenoxy) is 1. The number of anilines is 2. The summed E-state index contributed by atoms with van der Waals surface area (Å²) in [5, 5.41) is 2.74. The van der Waals surface area contributed by atoms with Crippen molar-refractivity contribution >= 4 is 29.0 Å². The molecule has 0 spiro atoms. The van der Waals surface area contributed by atoms with Gasteiger partial charge in [0, 0.05) is 5.69 Å². The molecule has 1 rings (SSSR count). The zero-order valence-corrected chi connectivity index (χ0v) is 9.56. The van der Waals surface area contributed by atoms with E-state index in [2.05, 4.69) is 5.32 Å². The Morgan fingerprint density at radius 1 is 1.60 bits per heavy atom. The van der Waals surface area contributed by atoms with Crippen LogP contribution in [-0.4, -0.2) is 25.0 Å². The summed E-state index contributed by atoms with van der Waals surface area (Å²) in [6.07, 6.45) is 1.88. The Hall–Kier alpha value is -1.36. The second-order valence-electron chi connectivity index (χ2n) is 2.94. The molecular formula is C10H14N2O2S. The standard InChI is InChI=1S/C10H14N2O2S/c1-14-9-4-3-7(5-8(9)11)12-10(13)6-15-2/h3-5H,6,11H2,1-2H3,(H,12,13). The van der Waals surface area contributed by atoms with Crippen LogP contribution in [0.1, 0.15) is 0 Å². The molecule has 0 unspecified atom stereocenters. The zero-order chi connectivity index (χ0) is 11.3. The molecule has 0 aliphatic heterocycles. The Bertz CT molecular complexity index is 355. The maximum absolute atomic E-state index is 11.3. The lowest BCUT2D eigenvalue weighted by atomic mass is 10.2. The van der Waals surface area contributed by atoms with Gasteiger partial charge in [0.15, 0.2) is 0 Å². The van der Waals surface area contributed by atoms with E-state index >= 15 is 0 Å². The van der Waals surface area contributed by atoms with Crippen molar-refractivity contribution in [3.63, 3.8) is 0 Å². The highest BCUT2D eigenvalue weighted by atomic mass is 32.2. The number of hydrogen-bond donors (Lipinski definition) is 2. The lowest BCUT2D eigenvalue weighted by molar-refractivity contribution is -0.113. The Balaban J connectivity index is 2.71. The van der Waals surface area contributed by atoms with Crippen LogP contribution < -0.4 is 15.8 Å². The van der Waals surface area contributed by atoms with Crippen molar-refractivity contribution < 1.29 is 9.53 Å². The number of nitrogen functional groups attached to an aromatic ring is 1. The third-order valence-corrected chi connectivity index (χ3v) is 2.34. The number of benzene rings is 1. The summed E-state index contributed by atoms with van der Waals surface area (Å²) in [5.74, 6) is 1.01. The van der Waals surface area contributed by atoms with Crippen LogP contribution in [-0.2, 0) is 4.79 Å². The largest absolute Gasteiger partial charge is 0.495 e. The molecule has 0 aromatic heterocycles. The van der Waals surface area contributed by atoms with Crippen LogP contribution in [0, 0.1) is 0 Å². The van der Waals surface area contributed by atoms with Crippen molar-refractivity contribution in [2.45, 2.75) is 0 Å². The van der Waals surface area contributed by atoms with Crippen molar-refractivity contribution in [2.75, 3.05) is 30.2 Å². The summed E-state index contributed by atoms with van der Waals surface area (Å²) in [7, 11) is 1.55. The minimum Gasteiger partial charge on any atom is -0.495 e. The summed E-state index contributed by atoms with van der Waals surface area (Å²) in [4.78, 5) is 11.3. The molecule has 0 radical (unpaired) electrons. The van der Waals surface area contributed by atoms with E-state index in [9.17, 15) is 4.79 Å². The lowest BCUT2D eigenvalue weighted by Crippen LogP contribution is -2.13. The van der Waals surface area contributed by atoms with Crippen molar-refractivity contribution in [3.05, 3.63) is 18.2 Å². The molecule has 0 heterocycles. The van der Waals surface area contributed by atoms with Gasteiger partial charge in [-0.3, -0.25) is 4.79 Å². The quantitative estimate of drug-likeness (QED) is 0.765. The van der Waals surface area contributed by atoms with Gasteiger partial charge < -0.3 is 15.8 Å². The molecule has 0 fully saturated rings. The molecule has 82 valence electrons. The van der Waals surface area contributed by atoms with E-state index in [-0.39, 0.29) is 5.91 Å². The van der Waals surface area contributed by atoms with Gasteiger partial charge in [0.25, 0.3) is 0 Å². The molecular weight excluding hydrogens is 212 g/mol. The van der Waals surface area contributed by atoms with Crippen molar-refractivity contribution in [1.82, 2.24) is 0 Å². The van der Waals surface area contributed by atoms with Gasteiger partial charge in [-0.15, -0.1) is 0 Å². The van der Waals surface area contributed by atoms with Crippen LogP contribution in [0.3, 0.4) is 0 Å². The number of rotatable bonds is 4. The molecule has 15 heavy (non-hydrogen) atoms. The normalized spacial score (nSPS) is 9.73. The van der Waals surface area contributed by atoms with Crippen LogP contribution >= 0.6 is 11.8 Å². The van der Waals surface area contributed by atoms with Gasteiger partial charge in [-0.1, -0.05) is 0 Å². The van der Waals surface area contributed by atoms with Gasteiger partial charge in [0.1, 0.15) is 5.75 Å². The van der Waals surface area contributed by atoms with E-state index in [1.807, 2.05) is 6.26 Å². The summed E-state index contributed by atoms with van der Waals surface area (Å²) in [6, 6.07) is 5.16. The first-order valence-electron chi connectivity index (χ1n) is 4.39. The third-order valence-electron chi connectivity index (χ3n) is 1.79. The van der Waals surface area contributed by atoms with Gasteiger partial charge in [-0.05, 0) is 24.5 Å². The molecule has 0 bridgehead atoms. The molecule has 0 saturated heterocycles. The fourth-order valence-electron chi connectivity index (χ4n) is 1.14. The Labute approximate surface area is 93.2 Å². The monoisotopic (exact) mass is 226 g/mol. The first kappa shape index (κ1) is 11.7. The van der Waals surface area contributed by atoms with E-state index in [0.29, 0.717) is 22.9 Å². The molecule has 0 aliphatic carbocycles. The van der Waals surface area contributed by atoms with E-state index in [1.165, 1.54) is 11.8 Å². The number of nitrogens with two attached hydrogens (primary N) is 1. The Morgan fingerprint density at radius 2 is 2.33 bits per heavy atom. The number of nitrogens with one attached hydrogen (secondary N) is 1. The van der Waals surface area contributed by atoms with Crippen LogP contribution in [0.25, 0.3) is 0 Å².